The van der Waals surface area contributed by atoms with E-state index in [-0.39, 0.29) is 5.56 Å². The topological polar surface area (TPSA) is 79.8 Å². The number of aromatic nitrogens is 3. The zero-order valence-electron chi connectivity index (χ0n) is 13.2. The van der Waals surface area contributed by atoms with Crippen LogP contribution in [0.25, 0.3) is 16.6 Å². The number of aromatic amines is 1. The molecule has 7 heteroatoms. The minimum atomic E-state index is -0.146. The van der Waals surface area contributed by atoms with Crippen LogP contribution in [0, 0.1) is 6.92 Å². The lowest BCUT2D eigenvalue weighted by Crippen LogP contribution is -2.14. The third kappa shape index (κ3) is 3.05. The van der Waals surface area contributed by atoms with Crippen molar-refractivity contribution in [3.8, 4) is 5.69 Å². The number of H-pyrrole nitrogens is 1. The Morgan fingerprint density at radius 3 is 2.79 bits per heavy atom. The van der Waals surface area contributed by atoms with Crippen LogP contribution in [0.3, 0.4) is 0 Å². The minimum Gasteiger partial charge on any atom is -0.359 e. The molecule has 0 spiro atoms. The van der Waals surface area contributed by atoms with Crippen LogP contribution in [0.15, 0.2) is 35.3 Å². The summed E-state index contributed by atoms with van der Waals surface area (Å²) in [7, 11) is 0. The molecule has 0 fully saturated rings. The van der Waals surface area contributed by atoms with Crippen molar-refractivity contribution in [2.24, 2.45) is 0 Å². The lowest BCUT2D eigenvalue weighted by atomic mass is 10.1. The Bertz CT molecular complexity index is 928. The second kappa shape index (κ2) is 6.88. The molecule has 0 aliphatic carbocycles. The highest BCUT2D eigenvalue weighted by Crippen LogP contribution is 2.20. The highest BCUT2D eigenvalue weighted by Gasteiger charge is 2.14. The van der Waals surface area contributed by atoms with Gasteiger partial charge in [-0.25, -0.2) is 4.68 Å². The molecule has 0 saturated carbocycles. The van der Waals surface area contributed by atoms with Gasteiger partial charge in [-0.2, -0.15) is 0 Å². The Morgan fingerprint density at radius 2 is 2.08 bits per heavy atom. The average molecular weight is 345 g/mol. The summed E-state index contributed by atoms with van der Waals surface area (Å²) in [5, 5.41) is 6.99. The third-order valence-corrected chi connectivity index (χ3v) is 4.22. The Hall–Kier alpha value is -2.60. The first-order chi connectivity index (χ1) is 11.6. The van der Waals surface area contributed by atoms with Crippen molar-refractivity contribution in [2.75, 3.05) is 6.54 Å². The van der Waals surface area contributed by atoms with Crippen LogP contribution in [-0.2, 0) is 11.2 Å². The van der Waals surface area contributed by atoms with Crippen molar-refractivity contribution in [3.63, 3.8) is 0 Å². The van der Waals surface area contributed by atoms with Gasteiger partial charge in [-0.05, 0) is 49.6 Å². The number of amides is 1. The van der Waals surface area contributed by atoms with Gasteiger partial charge in [-0.3, -0.25) is 19.7 Å². The molecule has 3 aromatic rings. The third-order valence-electron chi connectivity index (χ3n) is 3.97. The number of halogens is 1. The van der Waals surface area contributed by atoms with Gasteiger partial charge in [-0.1, -0.05) is 11.6 Å². The fourth-order valence-electron chi connectivity index (χ4n) is 2.72. The molecule has 2 N–H and O–H groups in total. The zero-order chi connectivity index (χ0) is 17.1. The van der Waals surface area contributed by atoms with Gasteiger partial charge >= 0.3 is 0 Å². The van der Waals surface area contributed by atoms with Gasteiger partial charge in [0.2, 0.25) is 6.41 Å². The predicted octanol–water partition coefficient (Wildman–Crippen LogP) is 2.35. The number of hydrogen-bond acceptors (Lipinski definition) is 3. The molecule has 0 bridgehead atoms. The fourth-order valence-corrected chi connectivity index (χ4v) is 2.85. The van der Waals surface area contributed by atoms with Crippen molar-refractivity contribution in [1.82, 2.24) is 20.1 Å². The SMILES string of the molecule is Cc1ncc2c(=O)n(-c3ccc(Cl)cc3)[nH]c2c1CCCNC=O. The molecule has 24 heavy (non-hydrogen) atoms. The number of carbonyl (C=O) groups is 1. The van der Waals surface area contributed by atoms with Gasteiger partial charge in [0.25, 0.3) is 5.56 Å². The first-order valence-electron chi connectivity index (χ1n) is 7.64. The van der Waals surface area contributed by atoms with Crippen molar-refractivity contribution >= 4 is 28.9 Å². The Balaban J connectivity index is 2.05. The van der Waals surface area contributed by atoms with Crippen molar-refractivity contribution < 1.29 is 4.79 Å². The Kier molecular flexibility index (Phi) is 4.66. The quantitative estimate of drug-likeness (QED) is 0.532. The maximum atomic E-state index is 12.7. The summed E-state index contributed by atoms with van der Waals surface area (Å²) in [6, 6.07) is 7.05. The van der Waals surface area contributed by atoms with Crippen LogP contribution in [-0.4, -0.2) is 27.7 Å². The summed E-state index contributed by atoms with van der Waals surface area (Å²) >= 11 is 5.91. The maximum Gasteiger partial charge on any atom is 0.280 e. The van der Waals surface area contributed by atoms with E-state index >= 15 is 0 Å². The second-order valence-corrected chi connectivity index (χ2v) is 5.95. The lowest BCUT2D eigenvalue weighted by molar-refractivity contribution is -0.109. The van der Waals surface area contributed by atoms with Gasteiger partial charge in [0.1, 0.15) is 0 Å². The summed E-state index contributed by atoms with van der Waals surface area (Å²) in [6.45, 7) is 2.50. The number of carbonyl (C=O) groups excluding carboxylic acids is 1. The zero-order valence-corrected chi connectivity index (χ0v) is 13.9. The summed E-state index contributed by atoms with van der Waals surface area (Å²) in [6.07, 6.45) is 3.78. The highest BCUT2D eigenvalue weighted by molar-refractivity contribution is 6.30. The minimum absolute atomic E-state index is 0.146. The molecular weight excluding hydrogens is 328 g/mol. The molecule has 6 nitrogen and oxygen atoms in total. The summed E-state index contributed by atoms with van der Waals surface area (Å²) < 4.78 is 1.50. The van der Waals surface area contributed by atoms with E-state index in [9.17, 15) is 9.59 Å². The van der Waals surface area contributed by atoms with Gasteiger partial charge < -0.3 is 5.32 Å². The molecule has 1 aromatic carbocycles. The molecule has 0 aliphatic rings. The van der Waals surface area contributed by atoms with Gasteiger partial charge in [0.05, 0.1) is 16.6 Å². The highest BCUT2D eigenvalue weighted by atomic mass is 35.5. The van der Waals surface area contributed by atoms with Gasteiger partial charge in [-0.15, -0.1) is 0 Å². The monoisotopic (exact) mass is 344 g/mol. The standard InChI is InChI=1S/C17H17ClN4O2/c1-11-14(3-2-8-19-10-23)16-15(9-20-11)17(24)22(21-16)13-6-4-12(18)5-7-13/h4-7,9-10,21H,2-3,8H2,1H3,(H,19,23). The predicted molar refractivity (Wildman–Crippen MR) is 93.8 cm³/mol. The number of aryl methyl sites for hydroxylation is 2. The van der Waals surface area contributed by atoms with E-state index in [0.717, 1.165) is 29.6 Å². The average Bonchev–Trinajstić information content (AvgIpc) is 2.91. The smallest absolute Gasteiger partial charge is 0.280 e. The first-order valence-corrected chi connectivity index (χ1v) is 8.02. The molecule has 0 atom stereocenters. The number of rotatable bonds is 6. The number of hydrogen-bond donors (Lipinski definition) is 2. The van der Waals surface area contributed by atoms with Crippen LogP contribution in [0.4, 0.5) is 0 Å². The summed E-state index contributed by atoms with van der Waals surface area (Å²) in [5.74, 6) is 0. The van der Waals surface area contributed by atoms with Crippen molar-refractivity contribution in [2.45, 2.75) is 19.8 Å². The normalized spacial score (nSPS) is 10.9. The van der Waals surface area contributed by atoms with Crippen LogP contribution >= 0.6 is 11.6 Å². The molecular formula is C17H17ClN4O2. The summed E-state index contributed by atoms with van der Waals surface area (Å²) in [4.78, 5) is 27.3. The molecule has 0 radical (unpaired) electrons. The van der Waals surface area contributed by atoms with Gasteiger partial charge in [0.15, 0.2) is 0 Å². The number of nitrogens with one attached hydrogen (secondary N) is 2. The van der Waals surface area contributed by atoms with Crippen LogP contribution in [0.5, 0.6) is 0 Å². The van der Waals surface area contributed by atoms with Gasteiger partial charge in [0, 0.05) is 23.5 Å². The van der Waals surface area contributed by atoms with Crippen LogP contribution < -0.4 is 10.9 Å². The van der Waals surface area contributed by atoms with E-state index in [1.165, 1.54) is 4.68 Å². The molecule has 3 rings (SSSR count). The Labute approximate surface area is 143 Å². The molecule has 0 aliphatic heterocycles. The number of nitrogens with zero attached hydrogens (tertiary/aromatic N) is 2. The summed E-state index contributed by atoms with van der Waals surface area (Å²) in [5.41, 5.74) is 3.22. The Morgan fingerprint density at radius 1 is 1.33 bits per heavy atom. The number of pyridine rings is 1. The molecule has 0 unspecified atom stereocenters. The fraction of sp³-hybridized carbons (Fsp3) is 0.235. The van der Waals surface area contributed by atoms with E-state index in [4.69, 9.17) is 11.6 Å². The van der Waals surface area contributed by atoms with Crippen molar-refractivity contribution in [1.29, 1.82) is 0 Å². The van der Waals surface area contributed by atoms with Crippen LogP contribution in [0.1, 0.15) is 17.7 Å². The molecule has 0 saturated heterocycles. The first kappa shape index (κ1) is 16.3. The largest absolute Gasteiger partial charge is 0.359 e. The van der Waals surface area contributed by atoms with E-state index in [2.05, 4.69) is 15.4 Å². The van der Waals surface area contributed by atoms with E-state index in [0.29, 0.717) is 29.1 Å². The second-order valence-electron chi connectivity index (χ2n) is 5.52. The van der Waals surface area contributed by atoms with E-state index in [1.807, 2.05) is 6.92 Å². The molecule has 2 heterocycles. The van der Waals surface area contributed by atoms with E-state index < -0.39 is 0 Å². The molecule has 2 aromatic heterocycles. The molecule has 1 amide bonds. The number of benzene rings is 1. The van der Waals surface area contributed by atoms with Crippen LogP contribution in [0.2, 0.25) is 5.02 Å². The van der Waals surface area contributed by atoms with Crippen molar-refractivity contribution in [3.05, 3.63) is 57.1 Å². The number of fused-ring (bicyclic) bond motifs is 1. The molecule has 124 valence electrons. The van der Waals surface area contributed by atoms with E-state index in [1.54, 1.807) is 30.5 Å². The maximum absolute atomic E-state index is 12.7. The lowest BCUT2D eigenvalue weighted by Gasteiger charge is -2.06.